The summed E-state index contributed by atoms with van der Waals surface area (Å²) >= 11 is 0. The zero-order valence-electron chi connectivity index (χ0n) is 27.5. The molecule has 0 aliphatic heterocycles. The van der Waals surface area contributed by atoms with E-state index in [9.17, 15) is 0 Å². The van der Waals surface area contributed by atoms with Gasteiger partial charge in [0.2, 0.25) is 0 Å². The average molecular weight is 652 g/mol. The summed E-state index contributed by atoms with van der Waals surface area (Å²) in [6.45, 7) is 0. The molecule has 0 aliphatic carbocycles. The van der Waals surface area contributed by atoms with Gasteiger partial charge in [0.15, 0.2) is 0 Å². The highest BCUT2D eigenvalue weighted by Gasteiger charge is 2.20. The van der Waals surface area contributed by atoms with E-state index in [-0.39, 0.29) is 0 Å². The second kappa shape index (κ2) is 10.8. The molecule has 0 aliphatic rings. The third-order valence-electron chi connectivity index (χ3n) is 10.3. The van der Waals surface area contributed by atoms with Crippen molar-refractivity contribution in [1.82, 2.24) is 14.1 Å². The highest BCUT2D eigenvalue weighted by molar-refractivity contribution is 6.20. The average Bonchev–Trinajstić information content (AvgIpc) is 3.87. The van der Waals surface area contributed by atoms with Gasteiger partial charge in [-0.25, -0.2) is 4.98 Å². The SMILES string of the molecule is c1ccc(-c2nc3ccccc3n2-c2ccc3c4ccc(-c5cc6c7ccccc7oc6c6ccccc56)cc4n(-c4ccccc4)c3c2)cc1. The normalized spacial score (nSPS) is 11.9. The lowest BCUT2D eigenvalue weighted by Crippen LogP contribution is -1.99. The van der Waals surface area contributed by atoms with E-state index in [0.29, 0.717) is 0 Å². The van der Waals surface area contributed by atoms with Crippen LogP contribution in [0, 0.1) is 0 Å². The molecule has 4 nitrogen and oxygen atoms in total. The van der Waals surface area contributed by atoms with Crippen LogP contribution in [0.5, 0.6) is 0 Å². The number of aromatic nitrogens is 3. The predicted octanol–water partition coefficient (Wildman–Crippen LogP) is 12.5. The van der Waals surface area contributed by atoms with Gasteiger partial charge in [0.05, 0.1) is 22.1 Å². The van der Waals surface area contributed by atoms with E-state index in [0.717, 1.165) is 77.7 Å². The minimum atomic E-state index is 0.909. The van der Waals surface area contributed by atoms with Gasteiger partial charge >= 0.3 is 0 Å². The molecule has 0 fully saturated rings. The van der Waals surface area contributed by atoms with Crippen LogP contribution >= 0.6 is 0 Å². The lowest BCUT2D eigenvalue weighted by molar-refractivity contribution is 0.672. The molecule has 0 amide bonds. The van der Waals surface area contributed by atoms with Crippen LogP contribution in [-0.4, -0.2) is 14.1 Å². The third kappa shape index (κ3) is 4.17. The molecule has 0 spiro atoms. The summed E-state index contributed by atoms with van der Waals surface area (Å²) in [6.07, 6.45) is 0. The summed E-state index contributed by atoms with van der Waals surface area (Å²) in [4.78, 5) is 5.12. The van der Waals surface area contributed by atoms with E-state index in [1.54, 1.807) is 0 Å². The lowest BCUT2D eigenvalue weighted by atomic mass is 9.94. The summed E-state index contributed by atoms with van der Waals surface area (Å²) in [7, 11) is 0. The van der Waals surface area contributed by atoms with Gasteiger partial charge in [0.25, 0.3) is 0 Å². The Morgan fingerprint density at radius 1 is 0.392 bits per heavy atom. The summed E-state index contributed by atoms with van der Waals surface area (Å²) in [5, 5.41) is 6.98. The molecular formula is C47H29N3O. The van der Waals surface area contributed by atoms with Crippen molar-refractivity contribution in [2.75, 3.05) is 0 Å². The largest absolute Gasteiger partial charge is 0.455 e. The molecule has 0 N–H and O–H groups in total. The summed E-state index contributed by atoms with van der Waals surface area (Å²) < 4.78 is 11.1. The minimum Gasteiger partial charge on any atom is -0.455 e. The number of fused-ring (bicyclic) bond motifs is 9. The van der Waals surface area contributed by atoms with Crippen LogP contribution in [0.15, 0.2) is 180 Å². The molecule has 0 bridgehead atoms. The molecular weight excluding hydrogens is 623 g/mol. The van der Waals surface area contributed by atoms with Crippen molar-refractivity contribution in [2.24, 2.45) is 0 Å². The van der Waals surface area contributed by atoms with Crippen molar-refractivity contribution >= 4 is 65.6 Å². The van der Waals surface area contributed by atoms with Crippen LogP contribution < -0.4 is 0 Å². The Kier molecular flexibility index (Phi) is 5.92. The molecule has 0 atom stereocenters. The third-order valence-corrected chi connectivity index (χ3v) is 10.3. The molecule has 4 heteroatoms. The predicted molar refractivity (Wildman–Crippen MR) is 211 cm³/mol. The number of hydrogen-bond donors (Lipinski definition) is 0. The first-order chi connectivity index (χ1) is 25.3. The van der Waals surface area contributed by atoms with Crippen molar-refractivity contribution < 1.29 is 4.42 Å². The minimum absolute atomic E-state index is 0.909. The Morgan fingerprint density at radius 3 is 1.90 bits per heavy atom. The maximum absolute atomic E-state index is 6.44. The Bertz CT molecular complexity index is 3130. The molecule has 11 aromatic rings. The maximum Gasteiger partial charge on any atom is 0.145 e. The van der Waals surface area contributed by atoms with Crippen LogP contribution in [0.2, 0.25) is 0 Å². The van der Waals surface area contributed by atoms with Gasteiger partial charge in [-0.3, -0.25) is 4.57 Å². The molecule has 0 saturated heterocycles. The van der Waals surface area contributed by atoms with Gasteiger partial charge in [0.1, 0.15) is 17.0 Å². The van der Waals surface area contributed by atoms with Crippen LogP contribution in [0.25, 0.3) is 99.4 Å². The van der Waals surface area contributed by atoms with Gasteiger partial charge in [-0.2, -0.15) is 0 Å². The standard InChI is InChI=1S/C47H29N3O/c1-3-13-30(14-4-1)47-48-41-20-10-11-21-42(41)50(47)33-24-26-36-35-25-23-31(27-43(35)49(44(36)28-33)32-15-5-2-6-16-32)39-29-40-37-18-9-12-22-45(37)51-46(40)38-19-8-7-17-34(38)39/h1-29H. The van der Waals surface area contributed by atoms with E-state index in [1.807, 2.05) is 12.1 Å². The van der Waals surface area contributed by atoms with Crippen molar-refractivity contribution in [3.8, 4) is 33.9 Å². The van der Waals surface area contributed by atoms with Crippen LogP contribution in [0.3, 0.4) is 0 Å². The molecule has 3 aromatic heterocycles. The van der Waals surface area contributed by atoms with E-state index in [4.69, 9.17) is 9.40 Å². The van der Waals surface area contributed by atoms with Crippen LogP contribution in [0.1, 0.15) is 0 Å². The summed E-state index contributed by atoms with van der Waals surface area (Å²) in [6, 6.07) is 62.5. The fourth-order valence-electron chi connectivity index (χ4n) is 8.02. The molecule has 0 radical (unpaired) electrons. The number of hydrogen-bond acceptors (Lipinski definition) is 2. The fourth-order valence-corrected chi connectivity index (χ4v) is 8.02. The van der Waals surface area contributed by atoms with E-state index in [2.05, 4.69) is 173 Å². The number of rotatable bonds is 4. The molecule has 238 valence electrons. The molecule has 0 unspecified atom stereocenters. The second-order valence-electron chi connectivity index (χ2n) is 13.2. The van der Waals surface area contributed by atoms with Crippen molar-refractivity contribution in [3.63, 3.8) is 0 Å². The Hall–Kier alpha value is -6.91. The summed E-state index contributed by atoms with van der Waals surface area (Å²) in [5.74, 6) is 0.926. The highest BCUT2D eigenvalue weighted by atomic mass is 16.3. The first-order valence-electron chi connectivity index (χ1n) is 17.3. The number of imidazole rings is 1. The quantitative estimate of drug-likeness (QED) is 0.190. The molecule has 3 heterocycles. The van der Waals surface area contributed by atoms with Crippen molar-refractivity contribution in [3.05, 3.63) is 176 Å². The Morgan fingerprint density at radius 2 is 1.06 bits per heavy atom. The van der Waals surface area contributed by atoms with Crippen LogP contribution in [-0.2, 0) is 0 Å². The van der Waals surface area contributed by atoms with Gasteiger partial charge < -0.3 is 8.98 Å². The number of benzene rings is 8. The highest BCUT2D eigenvalue weighted by Crippen LogP contribution is 2.42. The molecule has 51 heavy (non-hydrogen) atoms. The Labute approximate surface area is 293 Å². The number of para-hydroxylation sites is 4. The van der Waals surface area contributed by atoms with Gasteiger partial charge in [-0.15, -0.1) is 0 Å². The van der Waals surface area contributed by atoms with Gasteiger partial charge in [0, 0.05) is 43.9 Å². The smallest absolute Gasteiger partial charge is 0.145 e. The number of furan rings is 1. The zero-order valence-corrected chi connectivity index (χ0v) is 27.5. The fraction of sp³-hybridized carbons (Fsp3) is 0. The molecule has 11 rings (SSSR count). The van der Waals surface area contributed by atoms with E-state index in [1.165, 1.54) is 21.7 Å². The van der Waals surface area contributed by atoms with Gasteiger partial charge in [-0.05, 0) is 71.1 Å². The number of nitrogens with zero attached hydrogens (tertiary/aromatic N) is 3. The monoisotopic (exact) mass is 651 g/mol. The zero-order chi connectivity index (χ0) is 33.5. The van der Waals surface area contributed by atoms with Crippen LogP contribution in [0.4, 0.5) is 0 Å². The van der Waals surface area contributed by atoms with Crippen molar-refractivity contribution in [2.45, 2.75) is 0 Å². The molecule has 8 aromatic carbocycles. The second-order valence-corrected chi connectivity index (χ2v) is 13.2. The Balaban J connectivity index is 1.19. The molecule has 0 saturated carbocycles. The first-order valence-corrected chi connectivity index (χ1v) is 17.3. The van der Waals surface area contributed by atoms with Crippen molar-refractivity contribution in [1.29, 1.82) is 0 Å². The van der Waals surface area contributed by atoms with E-state index >= 15 is 0 Å². The summed E-state index contributed by atoms with van der Waals surface area (Å²) in [5.41, 5.74) is 11.8. The topological polar surface area (TPSA) is 35.9 Å². The maximum atomic E-state index is 6.44. The van der Waals surface area contributed by atoms with E-state index < -0.39 is 0 Å². The lowest BCUT2D eigenvalue weighted by Gasteiger charge is -2.12. The van der Waals surface area contributed by atoms with Gasteiger partial charge in [-0.1, -0.05) is 121 Å². The first kappa shape index (κ1) is 28.0.